The van der Waals surface area contributed by atoms with Crippen molar-refractivity contribution in [1.82, 2.24) is 15.1 Å². The zero-order valence-electron chi connectivity index (χ0n) is 10.9. The molecule has 0 aliphatic carbocycles. The lowest BCUT2D eigenvalue weighted by atomic mass is 9.91. The summed E-state index contributed by atoms with van der Waals surface area (Å²) < 4.78 is 7.78. The fraction of sp³-hybridized carbons (Fsp3) is 0.769. The topological polar surface area (TPSA) is 39.1 Å². The first-order valence-corrected chi connectivity index (χ1v) is 6.62. The van der Waals surface area contributed by atoms with Gasteiger partial charge in [-0.2, -0.15) is 5.10 Å². The lowest BCUT2D eigenvalue weighted by molar-refractivity contribution is -0.0277. The van der Waals surface area contributed by atoms with Crippen LogP contribution in [0.1, 0.15) is 37.9 Å². The predicted octanol–water partition coefficient (Wildman–Crippen LogP) is 1.89. The first-order chi connectivity index (χ1) is 8.31. The maximum atomic E-state index is 5.93. The number of hydrogen-bond acceptors (Lipinski definition) is 3. The van der Waals surface area contributed by atoms with Gasteiger partial charge in [0.15, 0.2) is 0 Å². The van der Waals surface area contributed by atoms with Crippen molar-refractivity contribution >= 4 is 0 Å². The van der Waals surface area contributed by atoms with Gasteiger partial charge in [-0.1, -0.05) is 6.92 Å². The second kappa shape index (κ2) is 6.17. The molecule has 0 aromatic carbocycles. The lowest BCUT2D eigenvalue weighted by Crippen LogP contribution is -2.32. The Hall–Kier alpha value is -0.870. The fourth-order valence-corrected chi connectivity index (χ4v) is 2.47. The van der Waals surface area contributed by atoms with Crippen molar-refractivity contribution in [1.29, 1.82) is 0 Å². The minimum absolute atomic E-state index is 0.224. The molecule has 17 heavy (non-hydrogen) atoms. The van der Waals surface area contributed by atoms with Gasteiger partial charge in [0.1, 0.15) is 0 Å². The van der Waals surface area contributed by atoms with Crippen LogP contribution in [-0.2, 0) is 11.8 Å². The molecule has 0 amide bonds. The Bertz CT molecular complexity index is 337. The van der Waals surface area contributed by atoms with Gasteiger partial charge >= 0.3 is 0 Å². The molecule has 2 heterocycles. The van der Waals surface area contributed by atoms with Gasteiger partial charge in [-0.25, -0.2) is 0 Å². The molecule has 2 unspecified atom stereocenters. The van der Waals surface area contributed by atoms with Crippen molar-refractivity contribution < 1.29 is 4.74 Å². The van der Waals surface area contributed by atoms with Crippen molar-refractivity contribution in [3.63, 3.8) is 0 Å². The average molecular weight is 237 g/mol. The summed E-state index contributed by atoms with van der Waals surface area (Å²) in [7, 11) is 1.96. The predicted molar refractivity (Wildman–Crippen MR) is 67.8 cm³/mol. The first-order valence-electron chi connectivity index (χ1n) is 6.62. The summed E-state index contributed by atoms with van der Waals surface area (Å²) >= 11 is 0. The number of nitrogens with zero attached hydrogens (tertiary/aromatic N) is 2. The maximum absolute atomic E-state index is 5.93. The lowest BCUT2D eigenvalue weighted by Gasteiger charge is -2.31. The van der Waals surface area contributed by atoms with Gasteiger partial charge in [0.2, 0.25) is 0 Å². The Labute approximate surface area is 103 Å². The van der Waals surface area contributed by atoms with E-state index in [1.165, 1.54) is 24.8 Å². The molecule has 96 valence electrons. The Morgan fingerprint density at radius 2 is 2.47 bits per heavy atom. The van der Waals surface area contributed by atoms with Crippen molar-refractivity contribution in [3.05, 3.63) is 18.0 Å². The van der Waals surface area contributed by atoms with E-state index < -0.39 is 0 Å². The largest absolute Gasteiger partial charge is 0.373 e. The number of rotatable bonds is 5. The molecule has 0 bridgehead atoms. The summed E-state index contributed by atoms with van der Waals surface area (Å²) in [5.74, 6) is 0.583. The summed E-state index contributed by atoms with van der Waals surface area (Å²) in [5.41, 5.74) is 1.22. The Morgan fingerprint density at radius 1 is 1.59 bits per heavy atom. The number of hydrogen-bond donors (Lipinski definition) is 1. The van der Waals surface area contributed by atoms with Crippen molar-refractivity contribution in [2.45, 2.75) is 32.3 Å². The highest BCUT2D eigenvalue weighted by Gasteiger charge is 2.27. The van der Waals surface area contributed by atoms with Crippen molar-refractivity contribution in [2.24, 2.45) is 13.0 Å². The summed E-state index contributed by atoms with van der Waals surface area (Å²) in [6.07, 6.45) is 7.84. The van der Waals surface area contributed by atoms with Crippen molar-refractivity contribution in [3.8, 4) is 0 Å². The molecule has 4 heteroatoms. The van der Waals surface area contributed by atoms with Crippen LogP contribution in [0, 0.1) is 5.92 Å². The van der Waals surface area contributed by atoms with Gasteiger partial charge in [0.05, 0.1) is 12.3 Å². The molecule has 2 rings (SSSR count). The molecule has 0 saturated carbocycles. The molecule has 1 N–H and O–H groups in total. The smallest absolute Gasteiger partial charge is 0.0895 e. The van der Waals surface area contributed by atoms with E-state index in [2.05, 4.69) is 23.5 Å². The van der Waals surface area contributed by atoms with Crippen LogP contribution in [0.3, 0.4) is 0 Å². The van der Waals surface area contributed by atoms with Crippen LogP contribution in [0.4, 0.5) is 0 Å². The quantitative estimate of drug-likeness (QED) is 0.795. The molecule has 0 radical (unpaired) electrons. The standard InChI is InChI=1S/C13H23N3O/c1-3-6-14-8-11-5-4-7-17-13(11)12-9-15-16(2)10-12/h9-11,13-14H,3-8H2,1-2H3. The second-order valence-electron chi connectivity index (χ2n) is 4.85. The Kier molecular flexibility index (Phi) is 4.57. The molecule has 2 atom stereocenters. The highest BCUT2D eigenvalue weighted by molar-refractivity contribution is 5.10. The van der Waals surface area contributed by atoms with Gasteiger partial charge in [-0.15, -0.1) is 0 Å². The number of aromatic nitrogens is 2. The van der Waals surface area contributed by atoms with E-state index in [0.717, 1.165) is 19.7 Å². The van der Waals surface area contributed by atoms with Crippen LogP contribution in [0.25, 0.3) is 0 Å². The third-order valence-corrected chi connectivity index (χ3v) is 3.33. The van der Waals surface area contributed by atoms with Crippen LogP contribution >= 0.6 is 0 Å². The van der Waals surface area contributed by atoms with Gasteiger partial charge in [0.25, 0.3) is 0 Å². The zero-order valence-corrected chi connectivity index (χ0v) is 10.9. The first kappa shape index (κ1) is 12.6. The highest BCUT2D eigenvalue weighted by Crippen LogP contribution is 2.32. The average Bonchev–Trinajstić information content (AvgIpc) is 2.77. The molecule has 1 aliphatic heterocycles. The number of aryl methyl sites for hydroxylation is 1. The van der Waals surface area contributed by atoms with Crippen molar-refractivity contribution in [2.75, 3.05) is 19.7 Å². The van der Waals surface area contributed by atoms with Crippen LogP contribution in [0.2, 0.25) is 0 Å². The van der Waals surface area contributed by atoms with E-state index in [-0.39, 0.29) is 6.10 Å². The summed E-state index contributed by atoms with van der Waals surface area (Å²) in [6, 6.07) is 0. The minimum atomic E-state index is 0.224. The van der Waals surface area contributed by atoms with E-state index in [0.29, 0.717) is 5.92 Å². The van der Waals surface area contributed by atoms with E-state index in [1.807, 2.05) is 17.9 Å². The molecule has 0 spiro atoms. The fourth-order valence-electron chi connectivity index (χ4n) is 2.47. The third kappa shape index (κ3) is 3.30. The van der Waals surface area contributed by atoms with E-state index in [9.17, 15) is 0 Å². The number of ether oxygens (including phenoxy) is 1. The SMILES string of the molecule is CCCNCC1CCCOC1c1cnn(C)c1. The van der Waals surface area contributed by atoms with Gasteiger partial charge < -0.3 is 10.1 Å². The zero-order chi connectivity index (χ0) is 12.1. The normalized spacial score (nSPS) is 25.1. The molecule has 1 fully saturated rings. The van der Waals surface area contributed by atoms with Crippen LogP contribution in [0.15, 0.2) is 12.4 Å². The molecule has 1 aromatic rings. The molecule has 4 nitrogen and oxygen atoms in total. The van der Waals surface area contributed by atoms with Crippen LogP contribution < -0.4 is 5.32 Å². The highest BCUT2D eigenvalue weighted by atomic mass is 16.5. The summed E-state index contributed by atoms with van der Waals surface area (Å²) in [5, 5.41) is 7.74. The summed E-state index contributed by atoms with van der Waals surface area (Å²) in [4.78, 5) is 0. The molecule has 1 saturated heterocycles. The van der Waals surface area contributed by atoms with Crippen LogP contribution in [-0.4, -0.2) is 29.5 Å². The van der Waals surface area contributed by atoms with Gasteiger partial charge in [-0.3, -0.25) is 4.68 Å². The Morgan fingerprint density at radius 3 is 3.18 bits per heavy atom. The maximum Gasteiger partial charge on any atom is 0.0895 e. The molecular formula is C13H23N3O. The monoisotopic (exact) mass is 237 g/mol. The van der Waals surface area contributed by atoms with E-state index >= 15 is 0 Å². The molecule has 1 aliphatic rings. The van der Waals surface area contributed by atoms with Gasteiger partial charge in [-0.05, 0) is 25.8 Å². The molecular weight excluding hydrogens is 214 g/mol. The summed E-state index contributed by atoms with van der Waals surface area (Å²) in [6.45, 7) is 5.22. The second-order valence-corrected chi connectivity index (χ2v) is 4.85. The minimum Gasteiger partial charge on any atom is -0.373 e. The van der Waals surface area contributed by atoms with Gasteiger partial charge in [0, 0.05) is 37.9 Å². The Balaban J connectivity index is 1.96. The van der Waals surface area contributed by atoms with Crippen LogP contribution in [0.5, 0.6) is 0 Å². The third-order valence-electron chi connectivity index (χ3n) is 3.33. The molecule has 1 aromatic heterocycles. The van der Waals surface area contributed by atoms with E-state index in [1.54, 1.807) is 0 Å². The number of nitrogens with one attached hydrogen (secondary N) is 1. The van der Waals surface area contributed by atoms with E-state index in [4.69, 9.17) is 4.74 Å².